The van der Waals surface area contributed by atoms with Crippen LogP contribution in [0.1, 0.15) is 35.5 Å². The molecular formula is C18H20N4O2. The third-order valence-electron chi connectivity index (χ3n) is 3.98. The van der Waals surface area contributed by atoms with E-state index in [0.717, 1.165) is 11.4 Å². The van der Waals surface area contributed by atoms with Gasteiger partial charge in [0.15, 0.2) is 0 Å². The lowest BCUT2D eigenvalue weighted by molar-refractivity contribution is 0.0949. The van der Waals surface area contributed by atoms with Crippen LogP contribution in [0.15, 0.2) is 30.5 Å². The average molecular weight is 324 g/mol. The van der Waals surface area contributed by atoms with Gasteiger partial charge in [0.1, 0.15) is 17.4 Å². The zero-order valence-corrected chi connectivity index (χ0v) is 14.0. The number of fused-ring (bicyclic) bond motifs is 1. The van der Waals surface area contributed by atoms with Gasteiger partial charge in [-0.25, -0.2) is 0 Å². The van der Waals surface area contributed by atoms with E-state index < -0.39 is 0 Å². The van der Waals surface area contributed by atoms with E-state index in [4.69, 9.17) is 4.74 Å². The van der Waals surface area contributed by atoms with E-state index in [1.165, 1.54) is 0 Å². The maximum atomic E-state index is 12.5. The number of hydrogen-bond acceptors (Lipinski definition) is 4. The molecule has 6 heteroatoms. The first-order valence-electron chi connectivity index (χ1n) is 7.78. The summed E-state index contributed by atoms with van der Waals surface area (Å²) in [4.78, 5) is 17.6. The molecule has 1 aromatic heterocycles. The molecule has 2 heterocycles. The van der Waals surface area contributed by atoms with E-state index in [1.807, 2.05) is 37.9 Å². The molecule has 6 nitrogen and oxygen atoms in total. The summed E-state index contributed by atoms with van der Waals surface area (Å²) in [5, 5.41) is 12.2. The van der Waals surface area contributed by atoms with Gasteiger partial charge in [0.25, 0.3) is 5.91 Å². The number of aromatic amines is 1. The topological polar surface area (TPSA) is 81.2 Å². The van der Waals surface area contributed by atoms with Crippen LogP contribution in [-0.2, 0) is 6.54 Å². The molecule has 3 rings (SSSR count). The number of amides is 1. The Bertz CT molecular complexity index is 803. The van der Waals surface area contributed by atoms with E-state index in [-0.39, 0.29) is 11.5 Å². The number of nitriles is 1. The molecule has 1 aliphatic rings. The number of benzene rings is 1. The second-order valence-electron chi connectivity index (χ2n) is 6.57. The number of anilines is 1. The van der Waals surface area contributed by atoms with Crippen LogP contribution in [0, 0.1) is 11.3 Å². The van der Waals surface area contributed by atoms with Crippen LogP contribution in [0.3, 0.4) is 0 Å². The number of nitrogens with zero attached hydrogens (tertiary/aromatic N) is 2. The molecule has 0 saturated heterocycles. The summed E-state index contributed by atoms with van der Waals surface area (Å²) in [5.74, 6) is 0.355. The van der Waals surface area contributed by atoms with Gasteiger partial charge in [-0.15, -0.1) is 0 Å². The van der Waals surface area contributed by atoms with Crippen LogP contribution in [0.25, 0.3) is 0 Å². The average Bonchev–Trinajstić information content (AvgIpc) is 3.03. The van der Waals surface area contributed by atoms with Crippen molar-refractivity contribution in [3.8, 4) is 11.8 Å². The van der Waals surface area contributed by atoms with Crippen molar-refractivity contribution in [2.24, 2.45) is 0 Å². The molecule has 0 saturated carbocycles. The molecule has 2 N–H and O–H groups in total. The first-order valence-corrected chi connectivity index (χ1v) is 7.78. The summed E-state index contributed by atoms with van der Waals surface area (Å²) in [6, 6.07) is 9.23. The highest BCUT2D eigenvalue weighted by Crippen LogP contribution is 2.38. The van der Waals surface area contributed by atoms with Crippen LogP contribution in [0.4, 0.5) is 5.69 Å². The highest BCUT2D eigenvalue weighted by atomic mass is 16.5. The number of likely N-dealkylation sites (N-methyl/N-ethyl adjacent to an activating group) is 1. The molecule has 1 aliphatic heterocycles. The largest absolute Gasteiger partial charge is 0.484 e. The molecule has 1 aromatic carbocycles. The monoisotopic (exact) mass is 324 g/mol. The van der Waals surface area contributed by atoms with E-state index >= 15 is 0 Å². The van der Waals surface area contributed by atoms with E-state index in [1.54, 1.807) is 18.3 Å². The summed E-state index contributed by atoms with van der Waals surface area (Å²) in [6.07, 6.45) is 1.80. The molecular weight excluding hydrogens is 304 g/mol. The molecule has 2 aromatic rings. The maximum absolute atomic E-state index is 12.5. The first kappa shape index (κ1) is 15.9. The van der Waals surface area contributed by atoms with Crippen LogP contribution < -0.4 is 15.0 Å². The lowest BCUT2D eigenvalue weighted by atomic mass is 10.0. The lowest BCUT2D eigenvalue weighted by Crippen LogP contribution is -2.45. The number of carbonyl (C=O) groups excluding carboxylic acids is 1. The molecule has 0 bridgehead atoms. The van der Waals surface area contributed by atoms with E-state index in [9.17, 15) is 10.1 Å². The smallest absolute Gasteiger partial charge is 0.253 e. The SMILES string of the molecule is CN1CC(C)(C)Oc2cc(C#N)c(C(=O)NCc3ccc[nH]3)cc21. The van der Waals surface area contributed by atoms with Gasteiger partial charge in [0.05, 0.1) is 29.9 Å². The van der Waals surface area contributed by atoms with Crippen molar-refractivity contribution in [1.29, 1.82) is 5.26 Å². The Labute approximate surface area is 141 Å². The number of nitrogens with one attached hydrogen (secondary N) is 2. The fourth-order valence-corrected chi connectivity index (χ4v) is 2.96. The number of ether oxygens (including phenoxy) is 1. The standard InChI is InChI=1S/C18H20N4O2/c1-18(2)11-22(3)15-8-14(12(9-19)7-16(15)24-18)17(23)21-10-13-5-4-6-20-13/h4-8,20H,10-11H2,1-3H3,(H,21,23). The van der Waals surface area contributed by atoms with Gasteiger partial charge < -0.3 is 19.9 Å². The summed E-state index contributed by atoms with van der Waals surface area (Å²) >= 11 is 0. The third kappa shape index (κ3) is 3.06. The van der Waals surface area contributed by atoms with Crippen molar-refractivity contribution in [1.82, 2.24) is 10.3 Å². The molecule has 1 amide bonds. The van der Waals surface area contributed by atoms with Crippen molar-refractivity contribution >= 4 is 11.6 Å². The van der Waals surface area contributed by atoms with Crippen LogP contribution in [0.2, 0.25) is 0 Å². The van der Waals surface area contributed by atoms with E-state index in [0.29, 0.717) is 30.0 Å². The number of H-pyrrole nitrogens is 1. The highest BCUT2D eigenvalue weighted by molar-refractivity contribution is 5.98. The number of rotatable bonds is 3. The number of carbonyl (C=O) groups is 1. The van der Waals surface area contributed by atoms with Crippen molar-refractivity contribution in [2.75, 3.05) is 18.5 Å². The summed E-state index contributed by atoms with van der Waals surface area (Å²) in [5.41, 5.74) is 2.05. The Balaban J connectivity index is 1.90. The molecule has 0 fully saturated rings. The van der Waals surface area contributed by atoms with Gasteiger partial charge in [0.2, 0.25) is 0 Å². The first-order chi connectivity index (χ1) is 11.4. The maximum Gasteiger partial charge on any atom is 0.253 e. The normalized spacial score (nSPS) is 15.2. The minimum absolute atomic E-state index is 0.276. The number of hydrogen-bond donors (Lipinski definition) is 2. The summed E-state index contributed by atoms with van der Waals surface area (Å²) in [6.45, 7) is 5.08. The molecule has 0 atom stereocenters. The Morgan fingerprint density at radius 2 is 2.29 bits per heavy atom. The summed E-state index contributed by atoms with van der Waals surface area (Å²) in [7, 11) is 1.95. The predicted molar refractivity (Wildman–Crippen MR) is 91.1 cm³/mol. The van der Waals surface area contributed by atoms with Crippen molar-refractivity contribution < 1.29 is 9.53 Å². The van der Waals surface area contributed by atoms with Gasteiger partial charge in [-0.1, -0.05) is 0 Å². The Morgan fingerprint density at radius 3 is 2.96 bits per heavy atom. The Kier molecular flexibility index (Phi) is 3.94. The van der Waals surface area contributed by atoms with Crippen molar-refractivity contribution in [3.63, 3.8) is 0 Å². The zero-order valence-electron chi connectivity index (χ0n) is 14.0. The third-order valence-corrected chi connectivity index (χ3v) is 3.98. The quantitative estimate of drug-likeness (QED) is 0.908. The van der Waals surface area contributed by atoms with Gasteiger partial charge in [-0.05, 0) is 32.0 Å². The fraction of sp³-hybridized carbons (Fsp3) is 0.333. The van der Waals surface area contributed by atoms with Crippen molar-refractivity contribution in [2.45, 2.75) is 26.0 Å². The second-order valence-corrected chi connectivity index (χ2v) is 6.57. The molecule has 24 heavy (non-hydrogen) atoms. The molecule has 0 unspecified atom stereocenters. The Hall–Kier alpha value is -2.94. The zero-order chi connectivity index (χ0) is 17.3. The van der Waals surface area contributed by atoms with Gasteiger partial charge in [-0.3, -0.25) is 4.79 Å². The molecule has 0 radical (unpaired) electrons. The lowest BCUT2D eigenvalue weighted by Gasteiger charge is -2.39. The Morgan fingerprint density at radius 1 is 1.50 bits per heavy atom. The fourth-order valence-electron chi connectivity index (χ4n) is 2.96. The predicted octanol–water partition coefficient (Wildman–Crippen LogP) is 2.42. The van der Waals surface area contributed by atoms with Crippen molar-refractivity contribution in [3.05, 3.63) is 47.3 Å². The molecule has 124 valence electrons. The van der Waals surface area contributed by atoms with Crippen LogP contribution in [-0.4, -0.2) is 30.1 Å². The van der Waals surface area contributed by atoms with Gasteiger partial charge in [-0.2, -0.15) is 5.26 Å². The second kappa shape index (κ2) is 5.93. The van der Waals surface area contributed by atoms with Gasteiger partial charge >= 0.3 is 0 Å². The molecule has 0 aliphatic carbocycles. The molecule has 0 spiro atoms. The van der Waals surface area contributed by atoms with E-state index in [2.05, 4.69) is 16.4 Å². The number of aromatic nitrogens is 1. The highest BCUT2D eigenvalue weighted by Gasteiger charge is 2.31. The van der Waals surface area contributed by atoms with Gasteiger partial charge in [0, 0.05) is 25.0 Å². The minimum Gasteiger partial charge on any atom is -0.484 e. The minimum atomic E-state index is -0.341. The summed E-state index contributed by atoms with van der Waals surface area (Å²) < 4.78 is 5.96. The van der Waals surface area contributed by atoms with Crippen LogP contribution in [0.5, 0.6) is 5.75 Å². The van der Waals surface area contributed by atoms with Crippen LogP contribution >= 0.6 is 0 Å².